The van der Waals surface area contributed by atoms with Crippen molar-refractivity contribution in [2.75, 3.05) is 36.0 Å². The van der Waals surface area contributed by atoms with Gasteiger partial charge < -0.3 is 9.80 Å². The first-order valence-corrected chi connectivity index (χ1v) is 11.7. The van der Waals surface area contributed by atoms with Crippen LogP contribution in [0.15, 0.2) is 71.7 Å². The lowest BCUT2D eigenvalue weighted by atomic mass is 10.1. The Morgan fingerprint density at radius 2 is 1.50 bits per heavy atom. The number of anilines is 2. The molecule has 1 fully saturated rings. The van der Waals surface area contributed by atoms with Gasteiger partial charge in [0.1, 0.15) is 5.70 Å². The van der Waals surface area contributed by atoms with Crippen LogP contribution in [-0.2, 0) is 9.59 Å². The SMILES string of the molecule is Cc1ccc(N2C(=O)C(c3cccs3)=C(N3CCN(c4ccccc4)CC3)C2=O)c(C)c1. The summed E-state index contributed by atoms with van der Waals surface area (Å²) in [5, 5.41) is 1.95. The molecule has 5 nitrogen and oxygen atoms in total. The average Bonchev–Trinajstić information content (AvgIpc) is 3.41. The summed E-state index contributed by atoms with van der Waals surface area (Å²) in [6.45, 7) is 6.95. The van der Waals surface area contributed by atoms with Crippen molar-refractivity contribution in [1.82, 2.24) is 4.90 Å². The van der Waals surface area contributed by atoms with Gasteiger partial charge in [-0.25, -0.2) is 4.90 Å². The molecule has 3 aromatic rings. The number of para-hydroxylation sites is 1. The fraction of sp³-hybridized carbons (Fsp3) is 0.231. The number of hydrogen-bond donors (Lipinski definition) is 0. The Bertz CT molecular complexity index is 1190. The van der Waals surface area contributed by atoms with E-state index in [1.807, 2.05) is 67.8 Å². The topological polar surface area (TPSA) is 43.9 Å². The number of imide groups is 1. The van der Waals surface area contributed by atoms with Crippen LogP contribution in [0.2, 0.25) is 0 Å². The monoisotopic (exact) mass is 443 g/mol. The number of nitrogens with zero attached hydrogens (tertiary/aromatic N) is 3. The van der Waals surface area contributed by atoms with Crippen molar-refractivity contribution in [2.24, 2.45) is 0 Å². The van der Waals surface area contributed by atoms with Crippen LogP contribution in [-0.4, -0.2) is 42.9 Å². The number of piperazine rings is 1. The highest BCUT2D eigenvalue weighted by molar-refractivity contribution is 7.11. The molecule has 1 aromatic heterocycles. The molecule has 6 heteroatoms. The molecule has 1 saturated heterocycles. The molecule has 0 saturated carbocycles. The fourth-order valence-electron chi connectivity index (χ4n) is 4.56. The molecule has 2 aliphatic rings. The van der Waals surface area contributed by atoms with Crippen LogP contribution < -0.4 is 9.80 Å². The quantitative estimate of drug-likeness (QED) is 0.558. The summed E-state index contributed by atoms with van der Waals surface area (Å²) in [5.41, 5.74) is 4.94. The van der Waals surface area contributed by atoms with E-state index in [2.05, 4.69) is 21.9 Å². The standard InChI is InChI=1S/C26H25N3O2S/c1-18-10-11-21(19(2)17-18)29-25(30)23(22-9-6-16-32-22)24(26(29)31)28-14-12-27(13-15-28)20-7-4-3-5-8-20/h3-11,16-17H,12-15H2,1-2H3. The van der Waals surface area contributed by atoms with Crippen LogP contribution in [0.3, 0.4) is 0 Å². The van der Waals surface area contributed by atoms with Gasteiger partial charge in [0, 0.05) is 36.7 Å². The molecule has 5 rings (SSSR count). The van der Waals surface area contributed by atoms with Gasteiger partial charge in [0.2, 0.25) is 0 Å². The van der Waals surface area contributed by atoms with Crippen LogP contribution in [0.1, 0.15) is 16.0 Å². The molecular formula is C26H25N3O2S. The van der Waals surface area contributed by atoms with Gasteiger partial charge in [-0.15, -0.1) is 11.3 Å². The van der Waals surface area contributed by atoms with Crippen molar-refractivity contribution in [3.05, 3.63) is 87.7 Å². The lowest BCUT2D eigenvalue weighted by Crippen LogP contribution is -2.47. The van der Waals surface area contributed by atoms with Crippen LogP contribution in [0.4, 0.5) is 11.4 Å². The summed E-state index contributed by atoms with van der Waals surface area (Å²) >= 11 is 1.50. The zero-order chi connectivity index (χ0) is 22.2. The third kappa shape index (κ3) is 3.50. The highest BCUT2D eigenvalue weighted by Crippen LogP contribution is 2.38. The molecule has 0 radical (unpaired) electrons. The summed E-state index contributed by atoms with van der Waals surface area (Å²) in [7, 11) is 0. The lowest BCUT2D eigenvalue weighted by molar-refractivity contribution is -0.120. The first-order chi connectivity index (χ1) is 15.5. The number of rotatable bonds is 4. The van der Waals surface area contributed by atoms with Crippen molar-refractivity contribution in [3.63, 3.8) is 0 Å². The van der Waals surface area contributed by atoms with Crippen molar-refractivity contribution in [1.29, 1.82) is 0 Å². The molecular weight excluding hydrogens is 418 g/mol. The van der Waals surface area contributed by atoms with Crippen LogP contribution in [0, 0.1) is 13.8 Å². The molecule has 0 unspecified atom stereocenters. The van der Waals surface area contributed by atoms with E-state index in [0.29, 0.717) is 30.0 Å². The number of carbonyl (C=O) groups excluding carboxylic acids is 2. The zero-order valence-corrected chi connectivity index (χ0v) is 19.1. The van der Waals surface area contributed by atoms with Crippen LogP contribution in [0.25, 0.3) is 5.57 Å². The summed E-state index contributed by atoms with van der Waals surface area (Å²) in [5.74, 6) is -0.455. The molecule has 0 spiro atoms. The number of benzene rings is 2. The number of amides is 2. The van der Waals surface area contributed by atoms with Gasteiger partial charge >= 0.3 is 0 Å². The third-order valence-electron chi connectivity index (χ3n) is 6.14. The molecule has 32 heavy (non-hydrogen) atoms. The van der Waals surface area contributed by atoms with Gasteiger partial charge in [-0.2, -0.15) is 0 Å². The van der Waals surface area contributed by atoms with Gasteiger partial charge in [0.25, 0.3) is 11.8 Å². The molecule has 2 aromatic carbocycles. The summed E-state index contributed by atoms with van der Waals surface area (Å²) in [4.78, 5) is 33.9. The summed E-state index contributed by atoms with van der Waals surface area (Å²) in [6, 6.07) is 20.0. The zero-order valence-electron chi connectivity index (χ0n) is 18.2. The summed E-state index contributed by atoms with van der Waals surface area (Å²) in [6.07, 6.45) is 0. The second-order valence-electron chi connectivity index (χ2n) is 8.25. The number of aryl methyl sites for hydroxylation is 2. The van der Waals surface area contributed by atoms with Crippen molar-refractivity contribution in [2.45, 2.75) is 13.8 Å². The average molecular weight is 444 g/mol. The first kappa shape index (κ1) is 20.5. The van der Waals surface area contributed by atoms with E-state index in [1.165, 1.54) is 21.9 Å². The van der Waals surface area contributed by atoms with Gasteiger partial charge in [0.15, 0.2) is 0 Å². The molecule has 162 valence electrons. The van der Waals surface area contributed by atoms with Gasteiger partial charge in [-0.3, -0.25) is 9.59 Å². The Morgan fingerprint density at radius 1 is 0.781 bits per heavy atom. The first-order valence-electron chi connectivity index (χ1n) is 10.8. The minimum absolute atomic E-state index is 0.224. The Morgan fingerprint density at radius 3 is 2.16 bits per heavy atom. The molecule has 2 aliphatic heterocycles. The Hall–Kier alpha value is -3.38. The van der Waals surface area contributed by atoms with E-state index in [0.717, 1.165) is 29.1 Å². The van der Waals surface area contributed by atoms with Gasteiger partial charge in [-0.05, 0) is 49.1 Å². The minimum Gasteiger partial charge on any atom is -0.368 e. The van der Waals surface area contributed by atoms with Crippen LogP contribution >= 0.6 is 11.3 Å². The van der Waals surface area contributed by atoms with E-state index in [4.69, 9.17) is 0 Å². The van der Waals surface area contributed by atoms with E-state index in [1.54, 1.807) is 0 Å². The van der Waals surface area contributed by atoms with Crippen molar-refractivity contribution in [3.8, 4) is 0 Å². The Kier molecular flexibility index (Phi) is 5.31. The van der Waals surface area contributed by atoms with Gasteiger partial charge in [0.05, 0.1) is 11.3 Å². The van der Waals surface area contributed by atoms with E-state index in [-0.39, 0.29) is 11.8 Å². The smallest absolute Gasteiger partial charge is 0.282 e. The second-order valence-corrected chi connectivity index (χ2v) is 9.19. The molecule has 0 aliphatic carbocycles. The fourth-order valence-corrected chi connectivity index (χ4v) is 5.32. The normalized spacial score (nSPS) is 17.0. The largest absolute Gasteiger partial charge is 0.368 e. The predicted octanol–water partition coefficient (Wildman–Crippen LogP) is 4.47. The highest BCUT2D eigenvalue weighted by atomic mass is 32.1. The van der Waals surface area contributed by atoms with Crippen molar-refractivity contribution >= 4 is 40.1 Å². The van der Waals surface area contributed by atoms with Gasteiger partial charge in [-0.1, -0.05) is 42.0 Å². The van der Waals surface area contributed by atoms with Crippen molar-refractivity contribution < 1.29 is 9.59 Å². The Labute approximate surface area is 192 Å². The lowest BCUT2D eigenvalue weighted by Gasteiger charge is -2.37. The number of thiophene rings is 1. The molecule has 0 N–H and O–H groups in total. The van der Waals surface area contributed by atoms with E-state index >= 15 is 0 Å². The second kappa shape index (κ2) is 8.28. The number of hydrogen-bond acceptors (Lipinski definition) is 5. The third-order valence-corrected chi connectivity index (χ3v) is 7.02. The number of carbonyl (C=O) groups is 2. The maximum Gasteiger partial charge on any atom is 0.282 e. The van der Waals surface area contributed by atoms with E-state index in [9.17, 15) is 9.59 Å². The summed E-state index contributed by atoms with van der Waals surface area (Å²) < 4.78 is 0. The molecule has 0 bridgehead atoms. The predicted molar refractivity (Wildman–Crippen MR) is 130 cm³/mol. The maximum absolute atomic E-state index is 13.7. The molecule has 3 heterocycles. The molecule has 0 atom stereocenters. The highest BCUT2D eigenvalue weighted by Gasteiger charge is 2.43. The van der Waals surface area contributed by atoms with E-state index < -0.39 is 0 Å². The minimum atomic E-state index is -0.232. The Balaban J connectivity index is 1.49. The van der Waals surface area contributed by atoms with Crippen LogP contribution in [0.5, 0.6) is 0 Å². The molecule has 2 amide bonds. The maximum atomic E-state index is 13.7.